The van der Waals surface area contributed by atoms with E-state index < -0.39 is 0 Å². The van der Waals surface area contributed by atoms with Gasteiger partial charge in [-0.3, -0.25) is 0 Å². The predicted octanol–water partition coefficient (Wildman–Crippen LogP) is 3.61. The molecule has 2 aromatic carbocycles. The molecule has 0 bridgehead atoms. The number of aliphatic imine (C=N–C) groups is 1. The summed E-state index contributed by atoms with van der Waals surface area (Å²) in [5, 5.41) is 6.57. The van der Waals surface area contributed by atoms with Crippen LogP contribution >= 0.6 is 24.0 Å². The molecule has 0 fully saturated rings. The SMILES string of the molecule is CCNC(=NCc1cc(OC)c(OC)c(OC)c1)NCc1cc(OC)c(OC)cc1OC.I. The van der Waals surface area contributed by atoms with Gasteiger partial charge in [0, 0.05) is 24.7 Å². The van der Waals surface area contributed by atoms with Crippen LogP contribution in [0.3, 0.4) is 0 Å². The van der Waals surface area contributed by atoms with Crippen molar-refractivity contribution in [3.8, 4) is 34.5 Å². The molecule has 0 unspecified atom stereocenters. The quantitative estimate of drug-likeness (QED) is 0.239. The van der Waals surface area contributed by atoms with Gasteiger partial charge in [0.15, 0.2) is 29.0 Å². The maximum atomic E-state index is 5.51. The maximum Gasteiger partial charge on any atom is 0.203 e. The Kier molecular flexibility index (Phi) is 12.3. The number of methoxy groups -OCH3 is 6. The zero-order valence-corrected chi connectivity index (χ0v) is 22.6. The Hall–Kier alpha value is -2.76. The molecular formula is C23H34IN3O6. The average molecular weight is 575 g/mol. The van der Waals surface area contributed by atoms with Gasteiger partial charge < -0.3 is 39.1 Å². The standard InChI is InChI=1S/C23H33N3O6.HI/c1-8-24-23(25-13-15-9-20(30-5)22(32-7)21(10-15)31-6)26-14-16-11-18(28-3)19(29-4)12-17(16)27-2;/h9-12H,8,13-14H2,1-7H3,(H2,24,25,26);1H. The molecule has 0 heterocycles. The summed E-state index contributed by atoms with van der Waals surface area (Å²) in [6, 6.07) is 7.45. The Morgan fingerprint density at radius 1 is 0.697 bits per heavy atom. The van der Waals surface area contributed by atoms with E-state index in [1.54, 1.807) is 48.7 Å². The van der Waals surface area contributed by atoms with Crippen LogP contribution in [0.1, 0.15) is 18.1 Å². The van der Waals surface area contributed by atoms with Gasteiger partial charge in [-0.05, 0) is 30.7 Å². The number of halogens is 1. The number of hydrogen-bond acceptors (Lipinski definition) is 7. The minimum Gasteiger partial charge on any atom is -0.496 e. The number of nitrogens with one attached hydrogen (secondary N) is 2. The molecule has 184 valence electrons. The molecule has 2 aromatic rings. The van der Waals surface area contributed by atoms with E-state index in [0.717, 1.165) is 11.1 Å². The van der Waals surface area contributed by atoms with Gasteiger partial charge in [0.2, 0.25) is 5.75 Å². The summed E-state index contributed by atoms with van der Waals surface area (Å²) in [5.41, 5.74) is 1.82. The monoisotopic (exact) mass is 575 g/mol. The number of ether oxygens (including phenoxy) is 6. The van der Waals surface area contributed by atoms with E-state index in [9.17, 15) is 0 Å². The van der Waals surface area contributed by atoms with Crippen LogP contribution in [-0.2, 0) is 13.1 Å². The average Bonchev–Trinajstić information content (AvgIpc) is 2.84. The summed E-state index contributed by atoms with van der Waals surface area (Å²) in [6.07, 6.45) is 0. The summed E-state index contributed by atoms with van der Waals surface area (Å²) in [6.45, 7) is 3.61. The van der Waals surface area contributed by atoms with Crippen molar-refractivity contribution >= 4 is 29.9 Å². The molecule has 33 heavy (non-hydrogen) atoms. The predicted molar refractivity (Wildman–Crippen MR) is 139 cm³/mol. The summed E-state index contributed by atoms with van der Waals surface area (Å²) >= 11 is 0. The van der Waals surface area contributed by atoms with Gasteiger partial charge in [-0.25, -0.2) is 4.99 Å². The summed E-state index contributed by atoms with van der Waals surface area (Å²) < 4.78 is 32.5. The van der Waals surface area contributed by atoms with Crippen LogP contribution in [0.5, 0.6) is 34.5 Å². The number of benzene rings is 2. The van der Waals surface area contributed by atoms with Crippen molar-refractivity contribution in [2.24, 2.45) is 4.99 Å². The molecule has 10 heteroatoms. The summed E-state index contributed by atoms with van der Waals surface area (Å²) in [4.78, 5) is 4.68. The van der Waals surface area contributed by atoms with Crippen LogP contribution in [-0.4, -0.2) is 55.2 Å². The number of guanidine groups is 1. The van der Waals surface area contributed by atoms with E-state index in [2.05, 4.69) is 15.6 Å². The fraction of sp³-hybridized carbons (Fsp3) is 0.435. The summed E-state index contributed by atoms with van der Waals surface area (Å²) in [7, 11) is 9.57. The molecule has 0 radical (unpaired) electrons. The zero-order valence-electron chi connectivity index (χ0n) is 20.2. The first-order chi connectivity index (χ1) is 15.5. The van der Waals surface area contributed by atoms with Gasteiger partial charge in [-0.2, -0.15) is 0 Å². The molecule has 0 atom stereocenters. The second-order valence-electron chi connectivity index (χ2n) is 6.60. The fourth-order valence-electron chi connectivity index (χ4n) is 3.15. The third-order valence-electron chi connectivity index (χ3n) is 4.72. The van der Waals surface area contributed by atoms with E-state index in [1.165, 1.54) is 0 Å². The molecule has 0 aliphatic heterocycles. The lowest BCUT2D eigenvalue weighted by atomic mass is 10.1. The topological polar surface area (TPSA) is 91.8 Å². The Morgan fingerprint density at radius 2 is 1.24 bits per heavy atom. The van der Waals surface area contributed by atoms with Gasteiger partial charge in [0.05, 0.1) is 49.2 Å². The molecule has 0 amide bonds. The first-order valence-corrected chi connectivity index (χ1v) is 10.1. The van der Waals surface area contributed by atoms with Crippen molar-refractivity contribution in [1.29, 1.82) is 0 Å². The highest BCUT2D eigenvalue weighted by molar-refractivity contribution is 14.0. The lowest BCUT2D eigenvalue weighted by Crippen LogP contribution is -2.36. The molecule has 2 rings (SSSR count). The molecule has 0 aliphatic rings. The van der Waals surface area contributed by atoms with Crippen LogP contribution in [0.4, 0.5) is 0 Å². The van der Waals surface area contributed by atoms with E-state index in [0.29, 0.717) is 60.1 Å². The highest BCUT2D eigenvalue weighted by atomic mass is 127. The minimum absolute atomic E-state index is 0. The Bertz CT molecular complexity index is 898. The molecule has 0 aromatic heterocycles. The van der Waals surface area contributed by atoms with Crippen molar-refractivity contribution in [1.82, 2.24) is 10.6 Å². The first kappa shape index (κ1) is 28.3. The van der Waals surface area contributed by atoms with E-state index in [1.807, 2.05) is 25.1 Å². The third-order valence-corrected chi connectivity index (χ3v) is 4.72. The Morgan fingerprint density at radius 3 is 1.73 bits per heavy atom. The van der Waals surface area contributed by atoms with Gasteiger partial charge in [-0.15, -0.1) is 24.0 Å². The lowest BCUT2D eigenvalue weighted by Gasteiger charge is -2.16. The second-order valence-corrected chi connectivity index (χ2v) is 6.60. The van der Waals surface area contributed by atoms with E-state index in [-0.39, 0.29) is 24.0 Å². The van der Waals surface area contributed by atoms with Crippen molar-refractivity contribution in [3.05, 3.63) is 35.4 Å². The van der Waals surface area contributed by atoms with Crippen LogP contribution in [0, 0.1) is 0 Å². The molecule has 0 aliphatic carbocycles. The van der Waals surface area contributed by atoms with Crippen LogP contribution < -0.4 is 39.1 Å². The number of rotatable bonds is 11. The van der Waals surface area contributed by atoms with Gasteiger partial charge >= 0.3 is 0 Å². The summed E-state index contributed by atoms with van der Waals surface area (Å²) in [5.74, 6) is 4.30. The second kappa shape index (κ2) is 14.4. The Balaban J connectivity index is 0.00000544. The highest BCUT2D eigenvalue weighted by Gasteiger charge is 2.14. The molecule has 0 saturated carbocycles. The lowest BCUT2D eigenvalue weighted by molar-refractivity contribution is 0.324. The number of nitrogens with zero attached hydrogens (tertiary/aromatic N) is 1. The van der Waals surface area contributed by atoms with E-state index >= 15 is 0 Å². The van der Waals surface area contributed by atoms with Crippen molar-refractivity contribution in [2.45, 2.75) is 20.0 Å². The zero-order chi connectivity index (χ0) is 23.5. The van der Waals surface area contributed by atoms with Crippen LogP contribution in [0.2, 0.25) is 0 Å². The van der Waals surface area contributed by atoms with Gasteiger partial charge in [0.25, 0.3) is 0 Å². The fourth-order valence-corrected chi connectivity index (χ4v) is 3.15. The smallest absolute Gasteiger partial charge is 0.203 e. The Labute approximate surface area is 212 Å². The van der Waals surface area contributed by atoms with Gasteiger partial charge in [-0.1, -0.05) is 0 Å². The normalized spacial score (nSPS) is 10.6. The maximum absolute atomic E-state index is 5.51. The molecule has 0 spiro atoms. The van der Waals surface area contributed by atoms with Gasteiger partial charge in [0.1, 0.15) is 5.75 Å². The van der Waals surface area contributed by atoms with Crippen molar-refractivity contribution in [2.75, 3.05) is 49.2 Å². The van der Waals surface area contributed by atoms with Crippen molar-refractivity contribution < 1.29 is 28.4 Å². The molecule has 0 saturated heterocycles. The molecular weight excluding hydrogens is 541 g/mol. The van der Waals surface area contributed by atoms with E-state index in [4.69, 9.17) is 28.4 Å². The van der Waals surface area contributed by atoms with Crippen LogP contribution in [0.25, 0.3) is 0 Å². The largest absolute Gasteiger partial charge is 0.496 e. The minimum atomic E-state index is 0. The molecule has 2 N–H and O–H groups in total. The molecule has 9 nitrogen and oxygen atoms in total. The third kappa shape index (κ3) is 7.37. The van der Waals surface area contributed by atoms with Crippen molar-refractivity contribution in [3.63, 3.8) is 0 Å². The van der Waals surface area contributed by atoms with Crippen LogP contribution in [0.15, 0.2) is 29.3 Å². The number of hydrogen-bond donors (Lipinski definition) is 2. The first-order valence-electron chi connectivity index (χ1n) is 10.1. The highest BCUT2D eigenvalue weighted by Crippen LogP contribution is 2.38.